The van der Waals surface area contributed by atoms with Gasteiger partial charge in [-0.25, -0.2) is 0 Å². The molecule has 0 fully saturated rings. The molecule has 0 saturated carbocycles. The number of carbonyl (C=O) groups excluding carboxylic acids is 4. The Labute approximate surface area is 172 Å². The van der Waals surface area contributed by atoms with E-state index in [1.54, 1.807) is 4.90 Å². The van der Waals surface area contributed by atoms with Gasteiger partial charge in [-0.05, 0) is 25.6 Å². The normalized spacial score (nSPS) is 11.6. The van der Waals surface area contributed by atoms with E-state index in [2.05, 4.69) is 5.23 Å². The molecule has 1 amide bonds. The first kappa shape index (κ1) is 26.6. The van der Waals surface area contributed by atoms with Crippen LogP contribution in [-0.4, -0.2) is 96.0 Å². The molecule has 7 nitrogen and oxygen atoms in total. The van der Waals surface area contributed by atoms with Gasteiger partial charge < -0.3 is 5.23 Å². The van der Waals surface area contributed by atoms with Crippen molar-refractivity contribution < 1.29 is 19.2 Å². The smallest absolute Gasteiger partial charge is 0.226 e. The van der Waals surface area contributed by atoms with Crippen LogP contribution < -0.4 is 5.23 Å². The Morgan fingerprint density at radius 3 is 1.75 bits per heavy atom. The lowest BCUT2D eigenvalue weighted by Crippen LogP contribution is -2.43. The van der Waals surface area contributed by atoms with Gasteiger partial charge >= 0.3 is 0 Å². The molecular formula is C18H30B3N3O4. The van der Waals surface area contributed by atoms with Crippen LogP contribution in [0.4, 0.5) is 0 Å². The van der Waals surface area contributed by atoms with Gasteiger partial charge in [0.1, 0.15) is 17.3 Å². The van der Waals surface area contributed by atoms with E-state index in [9.17, 15) is 19.2 Å². The number of hydrogen-bond acceptors (Lipinski definition) is 6. The second-order valence-corrected chi connectivity index (χ2v) is 7.82. The summed E-state index contributed by atoms with van der Waals surface area (Å²) in [6.07, 6.45) is 0.783. The highest BCUT2D eigenvalue weighted by Gasteiger charge is 2.21. The van der Waals surface area contributed by atoms with E-state index < -0.39 is 5.41 Å². The molecule has 10 heteroatoms. The van der Waals surface area contributed by atoms with E-state index in [0.717, 1.165) is 0 Å². The van der Waals surface area contributed by atoms with Gasteiger partial charge in [0.05, 0.1) is 35.3 Å². The molecule has 0 spiro atoms. The van der Waals surface area contributed by atoms with Crippen molar-refractivity contribution >= 4 is 46.9 Å². The Hall–Kier alpha value is -1.41. The van der Waals surface area contributed by atoms with Gasteiger partial charge in [0.25, 0.3) is 0 Å². The van der Waals surface area contributed by atoms with Crippen LogP contribution in [0.5, 0.6) is 0 Å². The van der Waals surface area contributed by atoms with E-state index in [4.69, 9.17) is 23.7 Å². The average molecular weight is 385 g/mol. The van der Waals surface area contributed by atoms with Gasteiger partial charge in [0.15, 0.2) is 0 Å². The molecule has 28 heavy (non-hydrogen) atoms. The predicted octanol–water partition coefficient (Wildman–Crippen LogP) is -0.503. The first-order valence-electron chi connectivity index (χ1n) is 9.44. The number of carbonyl (C=O) groups is 4. The van der Waals surface area contributed by atoms with Gasteiger partial charge in [-0.2, -0.15) is 0 Å². The average Bonchev–Trinajstić information content (AvgIpc) is 2.64. The molecule has 150 valence electrons. The standard InChI is InChI=1S/C18H30B3N3O4/c1-18(2,3)16(27)5-4-6-23(13-17(28)22-21)7-8-24(11-14(25)9-19)12-15(26)10-20/h4-13H2,1-3H3,(H,22,28). The lowest BCUT2D eigenvalue weighted by molar-refractivity contribution is -0.126. The molecule has 0 aliphatic carbocycles. The molecule has 1 N–H and O–H groups in total. The van der Waals surface area contributed by atoms with Crippen LogP contribution >= 0.6 is 0 Å². The van der Waals surface area contributed by atoms with Crippen LogP contribution in [0.1, 0.15) is 33.6 Å². The third-order valence-electron chi connectivity index (χ3n) is 4.23. The molecule has 0 aromatic heterocycles. The highest BCUT2D eigenvalue weighted by atomic mass is 16.2. The summed E-state index contributed by atoms with van der Waals surface area (Å²) in [5, 5.41) is 2.09. The van der Waals surface area contributed by atoms with Gasteiger partial charge in [-0.1, -0.05) is 20.8 Å². The second kappa shape index (κ2) is 13.7. The summed E-state index contributed by atoms with van der Waals surface area (Å²) < 4.78 is 0. The van der Waals surface area contributed by atoms with Crippen molar-refractivity contribution in [2.45, 2.75) is 46.3 Å². The maximum absolute atomic E-state index is 12.1. The van der Waals surface area contributed by atoms with E-state index in [1.807, 2.05) is 25.7 Å². The summed E-state index contributed by atoms with van der Waals surface area (Å²) >= 11 is 0. The molecule has 0 heterocycles. The SMILES string of the molecule is [B]CC(=O)CN(CCN(CCCC(=O)C(C)(C)C)CC(=O)N[B])CC(=O)C[B]. The van der Waals surface area contributed by atoms with E-state index in [0.29, 0.717) is 32.5 Å². The maximum Gasteiger partial charge on any atom is 0.226 e. The minimum Gasteiger partial charge on any atom is -0.408 e. The van der Waals surface area contributed by atoms with Crippen molar-refractivity contribution in [1.82, 2.24) is 15.0 Å². The molecule has 0 aliphatic heterocycles. The first-order chi connectivity index (χ1) is 13.0. The molecule has 0 aromatic rings. The van der Waals surface area contributed by atoms with Crippen LogP contribution in [0.15, 0.2) is 0 Å². The lowest BCUT2D eigenvalue weighted by atomic mass is 9.88. The fourth-order valence-corrected chi connectivity index (χ4v) is 2.48. The minimum absolute atomic E-state index is 0.0433. The van der Waals surface area contributed by atoms with Crippen molar-refractivity contribution in [3.05, 3.63) is 0 Å². The lowest BCUT2D eigenvalue weighted by Gasteiger charge is -2.27. The number of nitrogens with one attached hydrogen (secondary N) is 1. The van der Waals surface area contributed by atoms with Crippen LogP contribution in [-0.2, 0) is 19.2 Å². The fourth-order valence-electron chi connectivity index (χ4n) is 2.48. The number of Topliss-reactive ketones (excluding diaryl/α,β-unsaturated/α-hetero) is 3. The third kappa shape index (κ3) is 12.1. The Morgan fingerprint density at radius 2 is 1.32 bits per heavy atom. The maximum atomic E-state index is 12.1. The number of ketones is 3. The molecule has 6 radical (unpaired) electrons. The van der Waals surface area contributed by atoms with Gasteiger partial charge in [0.2, 0.25) is 13.9 Å². The van der Waals surface area contributed by atoms with E-state index in [-0.39, 0.29) is 55.5 Å². The fraction of sp³-hybridized carbons (Fsp3) is 0.778. The van der Waals surface area contributed by atoms with E-state index >= 15 is 0 Å². The number of rotatable bonds is 15. The topological polar surface area (TPSA) is 86.8 Å². The number of hydrogen-bond donors (Lipinski definition) is 1. The molecule has 0 aromatic carbocycles. The summed E-state index contributed by atoms with van der Waals surface area (Å²) in [6.45, 7) is 7.07. The summed E-state index contributed by atoms with van der Waals surface area (Å²) in [5.41, 5.74) is -0.401. The van der Waals surface area contributed by atoms with Gasteiger partial charge in [-0.15, -0.1) is 0 Å². The number of amides is 1. The molecule has 0 saturated heterocycles. The Balaban J connectivity index is 4.83. The zero-order chi connectivity index (χ0) is 21.7. The largest absolute Gasteiger partial charge is 0.408 e. The van der Waals surface area contributed by atoms with Crippen LogP contribution in [0.25, 0.3) is 0 Å². The summed E-state index contributed by atoms with van der Waals surface area (Å²) in [5.74, 6) is -0.581. The van der Waals surface area contributed by atoms with E-state index in [1.165, 1.54) is 0 Å². The van der Waals surface area contributed by atoms with Crippen molar-refractivity contribution in [1.29, 1.82) is 0 Å². The van der Waals surface area contributed by atoms with Gasteiger partial charge in [0, 0.05) is 24.9 Å². The summed E-state index contributed by atoms with van der Waals surface area (Å²) in [6, 6.07) is 0. The van der Waals surface area contributed by atoms with Crippen molar-refractivity contribution in [2.75, 3.05) is 39.3 Å². The van der Waals surface area contributed by atoms with Crippen LogP contribution in [0.3, 0.4) is 0 Å². The molecule has 0 unspecified atom stereocenters. The molecule has 0 rings (SSSR count). The van der Waals surface area contributed by atoms with Crippen molar-refractivity contribution in [2.24, 2.45) is 5.41 Å². The van der Waals surface area contributed by atoms with Crippen molar-refractivity contribution in [3.63, 3.8) is 0 Å². The quantitative estimate of drug-likeness (QED) is 0.383. The highest BCUT2D eigenvalue weighted by Crippen LogP contribution is 2.17. The predicted molar refractivity (Wildman–Crippen MR) is 112 cm³/mol. The molecule has 0 atom stereocenters. The third-order valence-corrected chi connectivity index (χ3v) is 4.23. The van der Waals surface area contributed by atoms with Crippen molar-refractivity contribution in [3.8, 4) is 0 Å². The Kier molecular flexibility index (Phi) is 13.0. The van der Waals surface area contributed by atoms with Crippen LogP contribution in [0, 0.1) is 5.41 Å². The first-order valence-corrected chi connectivity index (χ1v) is 9.44. The zero-order valence-corrected chi connectivity index (χ0v) is 17.3. The second-order valence-electron chi connectivity index (χ2n) is 7.82. The Bertz CT molecular complexity index is 521. The molecule has 0 bridgehead atoms. The highest BCUT2D eigenvalue weighted by molar-refractivity contribution is 6.21. The summed E-state index contributed by atoms with van der Waals surface area (Å²) in [4.78, 5) is 50.6. The summed E-state index contributed by atoms with van der Waals surface area (Å²) in [7, 11) is 15.9. The van der Waals surface area contributed by atoms with Gasteiger partial charge in [-0.3, -0.25) is 29.0 Å². The minimum atomic E-state index is -0.401. The van der Waals surface area contributed by atoms with Crippen LogP contribution in [0.2, 0.25) is 12.6 Å². The molecular weight excluding hydrogens is 355 g/mol. The molecule has 0 aliphatic rings. The zero-order valence-electron chi connectivity index (χ0n) is 17.3. The monoisotopic (exact) mass is 385 g/mol. The Morgan fingerprint density at radius 1 is 0.821 bits per heavy atom. The number of nitrogens with zero attached hydrogens (tertiary/aromatic N) is 2.